The van der Waals surface area contributed by atoms with Crippen LogP contribution in [0.25, 0.3) is 0 Å². The Morgan fingerprint density at radius 1 is 0.685 bits per heavy atom. The Hall–Kier alpha value is -6.20. The molecule has 0 heterocycles. The van der Waals surface area contributed by atoms with E-state index in [1.165, 1.54) is 11.8 Å². The van der Waals surface area contributed by atoms with Gasteiger partial charge in [0.15, 0.2) is 12.0 Å². The molecule has 0 aromatic heterocycles. The molecule has 0 saturated heterocycles. The molecule has 0 aliphatic carbocycles. The average molecular weight is 745 g/mol. The number of carbonyl (C=O) groups excluding carboxylic acids is 4. The lowest BCUT2D eigenvalue weighted by molar-refractivity contribution is -0.141. The second-order valence-corrected chi connectivity index (χ2v) is 13.5. The fraction of sp³-hybridized carbons (Fsp3) is 0.186. The monoisotopic (exact) mass is 744 g/mol. The summed E-state index contributed by atoms with van der Waals surface area (Å²) in [6.07, 6.45) is -2.85. The van der Waals surface area contributed by atoms with E-state index in [1.54, 1.807) is 60.7 Å². The number of ether oxygens (including phenoxy) is 2. The van der Waals surface area contributed by atoms with Crippen LogP contribution in [0.1, 0.15) is 47.4 Å². The van der Waals surface area contributed by atoms with Gasteiger partial charge in [-0.2, -0.15) is 0 Å². The first-order chi connectivity index (χ1) is 26.3. The van der Waals surface area contributed by atoms with Crippen molar-refractivity contribution in [3.8, 4) is 5.75 Å². The molecule has 3 atom stereocenters. The van der Waals surface area contributed by atoms with Gasteiger partial charge in [0.25, 0.3) is 6.47 Å². The summed E-state index contributed by atoms with van der Waals surface area (Å²) in [6, 6.07) is 45.2. The van der Waals surface area contributed by atoms with Crippen molar-refractivity contribution in [2.24, 2.45) is 0 Å². The van der Waals surface area contributed by atoms with Crippen molar-refractivity contribution in [2.45, 2.75) is 42.2 Å². The Morgan fingerprint density at radius 3 is 1.65 bits per heavy atom. The van der Waals surface area contributed by atoms with Gasteiger partial charge in [-0.1, -0.05) is 140 Å². The van der Waals surface area contributed by atoms with Crippen LogP contribution in [0.3, 0.4) is 0 Å². The smallest absolute Gasteiger partial charge is 0.415 e. The zero-order valence-electron chi connectivity index (χ0n) is 29.3. The highest BCUT2D eigenvalue weighted by atomic mass is 32.2. The van der Waals surface area contributed by atoms with E-state index in [0.717, 1.165) is 16.7 Å². The summed E-state index contributed by atoms with van der Waals surface area (Å²) in [5.74, 6) is -3.01. The molecule has 11 heteroatoms. The van der Waals surface area contributed by atoms with Crippen molar-refractivity contribution < 1.29 is 38.6 Å². The van der Waals surface area contributed by atoms with Crippen molar-refractivity contribution in [1.82, 2.24) is 10.6 Å². The van der Waals surface area contributed by atoms with Crippen LogP contribution in [0.4, 0.5) is 4.79 Å². The highest BCUT2D eigenvalue weighted by molar-refractivity contribution is 8.00. The fourth-order valence-electron chi connectivity index (χ4n) is 6.10. The zero-order chi connectivity index (χ0) is 38.2. The number of rotatable bonds is 19. The van der Waals surface area contributed by atoms with Crippen LogP contribution < -0.4 is 15.4 Å². The number of Topliss-reactive ketones (excluding diaryl/α,β-unsaturated/α-hetero) is 1. The Morgan fingerprint density at radius 2 is 1.17 bits per heavy atom. The predicted molar refractivity (Wildman–Crippen MR) is 206 cm³/mol. The Bertz CT molecular complexity index is 1870. The van der Waals surface area contributed by atoms with Crippen LogP contribution in [0.2, 0.25) is 0 Å². The predicted octanol–water partition coefficient (Wildman–Crippen LogP) is 7.09. The Balaban J connectivity index is 1.42. The molecule has 3 N–H and O–H groups in total. The topological polar surface area (TPSA) is 148 Å². The number of nitrogens with one attached hydrogen (secondary N) is 2. The molecule has 5 aromatic rings. The number of thioether (sulfide) groups is 1. The minimum absolute atomic E-state index is 0.0697. The third-order valence-electron chi connectivity index (χ3n) is 8.72. The summed E-state index contributed by atoms with van der Waals surface area (Å²) in [4.78, 5) is 64.0. The van der Waals surface area contributed by atoms with Crippen molar-refractivity contribution >= 4 is 42.0 Å². The lowest BCUT2D eigenvalue weighted by atomic mass is 9.84. The lowest BCUT2D eigenvalue weighted by Crippen LogP contribution is -2.45. The summed E-state index contributed by atoms with van der Waals surface area (Å²) < 4.78 is 9.40. The number of hydrogen-bond donors (Lipinski definition) is 3. The first-order valence-corrected chi connectivity index (χ1v) is 18.3. The standard InChI is InChI=1S/C43H40N2O8S/c46-30-52-40(45-42(51)53-35-24-14-5-15-25-35)27-26-39(48)44-37(38(47)28-36(41(49)50)31-16-6-1-7-17-31)29-54-43(32-18-8-2-9-19-32,33-20-10-3-11-21-33)34-22-12-4-13-23-34/h1-25,30,36-37,40H,26-29H2,(H,44,48)(H,45,51)(H,49,50)/t36-,37+,40-/m1/s1. The molecule has 0 radical (unpaired) electrons. The first-order valence-electron chi connectivity index (χ1n) is 17.3. The van der Waals surface area contributed by atoms with Gasteiger partial charge in [0, 0.05) is 25.0 Å². The highest BCUT2D eigenvalue weighted by Crippen LogP contribution is 2.48. The summed E-state index contributed by atoms with van der Waals surface area (Å²) in [5, 5.41) is 15.4. The van der Waals surface area contributed by atoms with Gasteiger partial charge >= 0.3 is 12.1 Å². The first kappa shape index (κ1) is 39.0. The number of carboxylic acid groups (broad SMARTS) is 1. The third kappa shape index (κ3) is 10.4. The van der Waals surface area contributed by atoms with Gasteiger partial charge in [-0.15, -0.1) is 11.8 Å². The molecule has 0 aliphatic rings. The SMILES string of the molecule is O=CO[C@H](CCC(=O)N[C@@H](CSC(c1ccccc1)(c1ccccc1)c1ccccc1)C(=O)C[C@@H](C(=O)O)c1ccccc1)NC(=O)Oc1ccccc1. The largest absolute Gasteiger partial charge is 0.481 e. The van der Waals surface area contributed by atoms with E-state index < -0.39 is 46.7 Å². The molecule has 54 heavy (non-hydrogen) atoms. The third-order valence-corrected chi connectivity index (χ3v) is 10.4. The number of benzene rings is 5. The molecule has 0 spiro atoms. The lowest BCUT2D eigenvalue weighted by Gasteiger charge is -2.36. The Labute approximate surface area is 317 Å². The van der Waals surface area contributed by atoms with Crippen molar-refractivity contribution in [1.29, 1.82) is 0 Å². The number of carbonyl (C=O) groups is 5. The van der Waals surface area contributed by atoms with E-state index in [0.29, 0.717) is 5.56 Å². The second kappa shape index (κ2) is 19.6. The molecule has 2 amide bonds. The molecule has 5 aromatic carbocycles. The number of amides is 2. The van der Waals surface area contributed by atoms with Crippen LogP contribution in [0.5, 0.6) is 5.75 Å². The maximum absolute atomic E-state index is 14.2. The summed E-state index contributed by atoms with van der Waals surface area (Å²) in [7, 11) is 0. The van der Waals surface area contributed by atoms with E-state index in [9.17, 15) is 29.1 Å². The van der Waals surface area contributed by atoms with Gasteiger partial charge in [-0.3, -0.25) is 24.5 Å². The number of carboxylic acids is 1. The maximum atomic E-state index is 14.2. The normalized spacial score (nSPS) is 12.7. The minimum Gasteiger partial charge on any atom is -0.481 e. The quantitative estimate of drug-likeness (QED) is 0.0458. The summed E-state index contributed by atoms with van der Waals surface area (Å²) in [5.41, 5.74) is 3.30. The van der Waals surface area contributed by atoms with E-state index >= 15 is 0 Å². The van der Waals surface area contributed by atoms with Crippen LogP contribution >= 0.6 is 11.8 Å². The van der Waals surface area contributed by atoms with Crippen LogP contribution in [0, 0.1) is 0 Å². The molecule has 10 nitrogen and oxygen atoms in total. The molecule has 0 bridgehead atoms. The number of hydrogen-bond acceptors (Lipinski definition) is 8. The molecular weight excluding hydrogens is 705 g/mol. The zero-order valence-corrected chi connectivity index (χ0v) is 30.1. The fourth-order valence-corrected chi connectivity index (χ4v) is 7.69. The van der Waals surface area contributed by atoms with Crippen molar-refractivity contribution in [2.75, 3.05) is 5.75 Å². The van der Waals surface area contributed by atoms with Gasteiger partial charge in [0.1, 0.15) is 5.75 Å². The van der Waals surface area contributed by atoms with Gasteiger partial charge in [-0.05, 0) is 34.4 Å². The van der Waals surface area contributed by atoms with Crippen LogP contribution in [0.15, 0.2) is 152 Å². The average Bonchev–Trinajstić information content (AvgIpc) is 3.20. The molecule has 0 unspecified atom stereocenters. The van der Waals surface area contributed by atoms with Crippen molar-refractivity contribution in [3.63, 3.8) is 0 Å². The minimum atomic E-state index is -1.20. The van der Waals surface area contributed by atoms with Crippen molar-refractivity contribution in [3.05, 3.63) is 174 Å². The molecule has 0 aliphatic heterocycles. The molecule has 0 fully saturated rings. The number of ketones is 1. The maximum Gasteiger partial charge on any atom is 0.415 e. The van der Waals surface area contributed by atoms with Crippen LogP contribution in [-0.2, 0) is 28.7 Å². The van der Waals surface area contributed by atoms with E-state index in [4.69, 9.17) is 9.47 Å². The highest BCUT2D eigenvalue weighted by Gasteiger charge is 2.39. The van der Waals surface area contributed by atoms with E-state index in [-0.39, 0.29) is 37.2 Å². The molecular formula is C43H40N2O8S. The van der Waals surface area contributed by atoms with Gasteiger partial charge in [0.2, 0.25) is 5.91 Å². The molecule has 276 valence electrons. The number of para-hydroxylation sites is 1. The van der Waals surface area contributed by atoms with E-state index in [2.05, 4.69) is 10.6 Å². The summed E-state index contributed by atoms with van der Waals surface area (Å²) >= 11 is 1.45. The van der Waals surface area contributed by atoms with Gasteiger partial charge in [0.05, 0.1) is 16.7 Å². The van der Waals surface area contributed by atoms with Gasteiger partial charge < -0.3 is 19.9 Å². The Kier molecular flexibility index (Phi) is 14.2. The van der Waals surface area contributed by atoms with Gasteiger partial charge in [-0.25, -0.2) is 4.79 Å². The second-order valence-electron chi connectivity index (χ2n) is 12.3. The number of aliphatic carboxylic acids is 1. The van der Waals surface area contributed by atoms with Crippen LogP contribution in [-0.4, -0.2) is 53.4 Å². The molecule has 5 rings (SSSR count). The molecule has 0 saturated carbocycles. The summed E-state index contributed by atoms with van der Waals surface area (Å²) in [6.45, 7) is 0.153. The van der Waals surface area contributed by atoms with E-state index in [1.807, 2.05) is 91.0 Å².